The minimum atomic E-state index is -4.19. The molecule has 0 aromatic heterocycles. The lowest BCUT2D eigenvalue weighted by atomic mass is 10.1. The van der Waals surface area contributed by atoms with E-state index in [9.17, 15) is 13.2 Å². The van der Waals surface area contributed by atoms with E-state index < -0.39 is 22.2 Å². The number of hydrogen-bond donors (Lipinski definition) is 0. The molecule has 2 aromatic carbocycles. The van der Waals surface area contributed by atoms with Crippen LogP contribution in [0, 0.1) is 11.3 Å². The number of nitriles is 1. The lowest BCUT2D eigenvalue weighted by Crippen LogP contribution is -2.28. The van der Waals surface area contributed by atoms with Crippen LogP contribution in [0.4, 0.5) is 0 Å². The first kappa shape index (κ1) is 19.6. The van der Waals surface area contributed by atoms with E-state index in [1.807, 2.05) is 36.4 Å². The minimum absolute atomic E-state index is 0.173. The molecule has 0 saturated carbocycles. The van der Waals surface area contributed by atoms with E-state index in [0.29, 0.717) is 12.8 Å². The maximum Gasteiger partial charge on any atom is 0.336 e. The highest BCUT2D eigenvalue weighted by Crippen LogP contribution is 2.19. The van der Waals surface area contributed by atoms with Crippen molar-refractivity contribution in [3.05, 3.63) is 65.7 Å². The molecule has 26 heavy (non-hydrogen) atoms. The highest BCUT2D eigenvalue weighted by Gasteiger charge is 2.28. The molecule has 0 aliphatic heterocycles. The van der Waals surface area contributed by atoms with E-state index in [-0.39, 0.29) is 16.9 Å². The number of carbonyl (C=O) groups is 1. The Kier molecular flexibility index (Phi) is 6.89. The molecule has 0 N–H and O–H groups in total. The molecule has 136 valence electrons. The molecule has 1 atom stereocenters. The fourth-order valence-corrected chi connectivity index (χ4v) is 3.51. The van der Waals surface area contributed by atoms with E-state index in [1.54, 1.807) is 0 Å². The second kappa shape index (κ2) is 9.13. The van der Waals surface area contributed by atoms with E-state index in [4.69, 9.17) is 9.44 Å². The summed E-state index contributed by atoms with van der Waals surface area (Å²) in [4.78, 5) is 11.7. The Morgan fingerprint density at radius 1 is 1.15 bits per heavy atom. The van der Waals surface area contributed by atoms with Crippen molar-refractivity contribution >= 4 is 16.1 Å². The smallest absolute Gasteiger partial charge is 0.336 e. The number of nitrogens with zero attached hydrogens (tertiary/aromatic N) is 1. The van der Waals surface area contributed by atoms with Crippen LogP contribution < -0.4 is 0 Å². The largest absolute Gasteiger partial charge is 0.467 e. The van der Waals surface area contributed by atoms with Crippen molar-refractivity contribution in [2.24, 2.45) is 0 Å². The van der Waals surface area contributed by atoms with Crippen molar-refractivity contribution < 1.29 is 22.1 Å². The minimum Gasteiger partial charge on any atom is -0.467 e. The number of ether oxygens (including phenoxy) is 1. The number of benzene rings is 2. The van der Waals surface area contributed by atoms with Gasteiger partial charge in [0.2, 0.25) is 0 Å². The first-order valence-electron chi connectivity index (χ1n) is 8.01. The second-order valence-electron chi connectivity index (χ2n) is 5.58. The van der Waals surface area contributed by atoms with Crippen LogP contribution in [0.1, 0.15) is 24.0 Å². The molecule has 0 saturated heterocycles. The van der Waals surface area contributed by atoms with Gasteiger partial charge in [-0.25, -0.2) is 4.79 Å². The van der Waals surface area contributed by atoms with E-state index in [0.717, 1.165) is 5.56 Å². The predicted octanol–water partition coefficient (Wildman–Crippen LogP) is 2.83. The van der Waals surface area contributed by atoms with Gasteiger partial charge in [0, 0.05) is 0 Å². The van der Waals surface area contributed by atoms with E-state index >= 15 is 0 Å². The number of methoxy groups -OCH3 is 1. The van der Waals surface area contributed by atoms with Crippen LogP contribution in [-0.4, -0.2) is 27.6 Å². The summed E-state index contributed by atoms with van der Waals surface area (Å²) in [5.41, 5.74) is 1.27. The van der Waals surface area contributed by atoms with Crippen LogP contribution in [0.5, 0.6) is 0 Å². The van der Waals surface area contributed by atoms with Crippen molar-refractivity contribution in [2.45, 2.75) is 30.3 Å². The summed E-state index contributed by atoms with van der Waals surface area (Å²) >= 11 is 0. The lowest BCUT2D eigenvalue weighted by Gasteiger charge is -2.15. The Morgan fingerprint density at radius 3 is 2.54 bits per heavy atom. The molecule has 2 aromatic rings. The third-order valence-electron chi connectivity index (χ3n) is 3.73. The van der Waals surface area contributed by atoms with Crippen LogP contribution in [-0.2, 0) is 30.3 Å². The molecule has 0 unspecified atom stereocenters. The molecule has 0 amide bonds. The topological polar surface area (TPSA) is 93.5 Å². The first-order chi connectivity index (χ1) is 12.5. The quantitative estimate of drug-likeness (QED) is 0.522. The van der Waals surface area contributed by atoms with Crippen molar-refractivity contribution in [2.75, 3.05) is 7.11 Å². The summed E-state index contributed by atoms with van der Waals surface area (Å²) < 4.78 is 34.6. The maximum atomic E-state index is 12.4. The van der Waals surface area contributed by atoms with Crippen molar-refractivity contribution in [3.8, 4) is 6.07 Å². The first-order valence-corrected chi connectivity index (χ1v) is 9.42. The molecular formula is C19H19NO5S. The van der Waals surface area contributed by atoms with Crippen molar-refractivity contribution in [1.82, 2.24) is 0 Å². The normalized spacial score (nSPS) is 12.2. The Hall–Kier alpha value is -2.69. The third kappa shape index (κ3) is 5.41. The van der Waals surface area contributed by atoms with Gasteiger partial charge in [0.15, 0.2) is 6.10 Å². The standard InChI is InChI=1S/C19H19NO5S/c1-24-19(21)18(12-6-9-15-7-3-2-4-8-15)25-26(22,23)17-11-5-10-16(13-17)14-20/h2-5,7-8,10-11,13,18H,6,9,12H2,1H3/t18-/m1/s1. The average molecular weight is 373 g/mol. The summed E-state index contributed by atoms with van der Waals surface area (Å²) in [6.07, 6.45) is 0.192. The highest BCUT2D eigenvalue weighted by atomic mass is 32.2. The van der Waals surface area contributed by atoms with Gasteiger partial charge in [-0.1, -0.05) is 36.4 Å². The van der Waals surface area contributed by atoms with Gasteiger partial charge in [-0.3, -0.25) is 4.18 Å². The SMILES string of the molecule is COC(=O)[C@@H](CCCc1ccccc1)OS(=O)(=O)c1cccc(C#N)c1. The zero-order chi connectivity index (χ0) is 19.0. The molecule has 0 bridgehead atoms. The zero-order valence-electron chi connectivity index (χ0n) is 14.3. The molecule has 0 spiro atoms. The summed E-state index contributed by atoms with van der Waals surface area (Å²) in [6, 6.07) is 17.0. The number of rotatable bonds is 8. The van der Waals surface area contributed by atoms with Crippen LogP contribution >= 0.6 is 0 Å². The van der Waals surface area contributed by atoms with Gasteiger partial charge in [0.1, 0.15) is 0 Å². The lowest BCUT2D eigenvalue weighted by molar-refractivity contribution is -0.149. The Morgan fingerprint density at radius 2 is 1.88 bits per heavy atom. The molecular weight excluding hydrogens is 354 g/mol. The summed E-state index contributed by atoms with van der Waals surface area (Å²) in [5.74, 6) is -0.752. The molecule has 0 fully saturated rings. The highest BCUT2D eigenvalue weighted by molar-refractivity contribution is 7.86. The van der Waals surface area contributed by atoms with Crippen LogP contribution in [0.25, 0.3) is 0 Å². The second-order valence-corrected chi connectivity index (χ2v) is 7.15. The van der Waals surface area contributed by atoms with E-state index in [1.165, 1.54) is 31.4 Å². The van der Waals surface area contributed by atoms with Gasteiger partial charge in [0.25, 0.3) is 10.1 Å². The fourth-order valence-electron chi connectivity index (χ4n) is 2.40. The van der Waals surface area contributed by atoms with Crippen LogP contribution in [0.3, 0.4) is 0 Å². The molecule has 0 radical (unpaired) electrons. The zero-order valence-corrected chi connectivity index (χ0v) is 15.1. The Balaban J connectivity index is 2.08. The molecule has 6 nitrogen and oxygen atoms in total. The summed E-state index contributed by atoms with van der Waals surface area (Å²) in [5, 5.41) is 8.90. The molecule has 7 heteroatoms. The monoisotopic (exact) mass is 373 g/mol. The Labute approximate surface area is 153 Å². The van der Waals surface area contributed by atoms with Gasteiger partial charge in [0.05, 0.1) is 23.6 Å². The predicted molar refractivity (Wildman–Crippen MR) is 94.6 cm³/mol. The summed E-state index contributed by atoms with van der Waals surface area (Å²) in [7, 11) is -3.01. The fraction of sp³-hybridized carbons (Fsp3) is 0.263. The maximum absolute atomic E-state index is 12.4. The van der Waals surface area contributed by atoms with Gasteiger partial charge in [-0.05, 0) is 43.0 Å². The Bertz CT molecular complexity index is 888. The van der Waals surface area contributed by atoms with Crippen molar-refractivity contribution in [3.63, 3.8) is 0 Å². The van der Waals surface area contributed by atoms with Crippen LogP contribution in [0.15, 0.2) is 59.5 Å². The van der Waals surface area contributed by atoms with Gasteiger partial charge in [-0.15, -0.1) is 0 Å². The number of carbonyl (C=O) groups excluding carboxylic acids is 1. The molecule has 0 heterocycles. The number of esters is 1. The molecule has 0 aliphatic carbocycles. The van der Waals surface area contributed by atoms with Gasteiger partial charge < -0.3 is 4.74 Å². The average Bonchev–Trinajstić information content (AvgIpc) is 2.67. The van der Waals surface area contributed by atoms with Gasteiger partial charge in [-0.2, -0.15) is 13.7 Å². The third-order valence-corrected chi connectivity index (χ3v) is 5.05. The molecule has 0 aliphatic rings. The number of hydrogen-bond acceptors (Lipinski definition) is 6. The number of aryl methyl sites for hydroxylation is 1. The summed E-state index contributed by atoms with van der Waals surface area (Å²) in [6.45, 7) is 0. The van der Waals surface area contributed by atoms with Crippen LogP contribution in [0.2, 0.25) is 0 Å². The van der Waals surface area contributed by atoms with Gasteiger partial charge >= 0.3 is 5.97 Å². The van der Waals surface area contributed by atoms with E-state index in [2.05, 4.69) is 4.74 Å². The molecule has 2 rings (SSSR count). The van der Waals surface area contributed by atoms with Crippen molar-refractivity contribution in [1.29, 1.82) is 5.26 Å².